The molecule has 1 saturated heterocycles. The summed E-state index contributed by atoms with van der Waals surface area (Å²) in [4.78, 5) is 33.4. The number of hydrogen-bond acceptors (Lipinski definition) is 8. The van der Waals surface area contributed by atoms with Crippen LogP contribution in [-0.2, 0) is 0 Å². The minimum absolute atomic E-state index is 0.141. The molecule has 3 aromatic rings. The molecule has 2 aliphatic heterocycles. The topological polar surface area (TPSA) is 95.6 Å². The summed E-state index contributed by atoms with van der Waals surface area (Å²) in [5, 5.41) is 6.03. The van der Waals surface area contributed by atoms with Crippen molar-refractivity contribution < 1.29 is 23.8 Å². The minimum atomic E-state index is -0.292. The van der Waals surface area contributed by atoms with E-state index < -0.39 is 0 Å². The summed E-state index contributed by atoms with van der Waals surface area (Å²) in [7, 11) is 1.69. The molecule has 2 amide bonds. The Hall–Kier alpha value is -4.44. The number of hydrogen-bond donors (Lipinski definition) is 2. The molecule has 3 aromatic carbocycles. The van der Waals surface area contributed by atoms with Crippen molar-refractivity contribution >= 4 is 28.9 Å². The summed E-state index contributed by atoms with van der Waals surface area (Å²) in [5.41, 5.74) is 3.43. The number of anilines is 3. The number of nitrogens with one attached hydrogen (secondary N) is 2. The van der Waals surface area contributed by atoms with Crippen molar-refractivity contribution in [1.29, 1.82) is 0 Å². The van der Waals surface area contributed by atoms with E-state index in [2.05, 4.69) is 45.2 Å². The van der Waals surface area contributed by atoms with E-state index in [1.807, 2.05) is 30.3 Å². The zero-order valence-corrected chi connectivity index (χ0v) is 24.5. The molecule has 42 heavy (non-hydrogen) atoms. The van der Waals surface area contributed by atoms with E-state index >= 15 is 0 Å². The van der Waals surface area contributed by atoms with Crippen LogP contribution in [-0.4, -0.2) is 83.0 Å². The molecule has 5 rings (SSSR count). The lowest BCUT2D eigenvalue weighted by atomic mass is 10.1. The highest BCUT2D eigenvalue weighted by molar-refractivity contribution is 6.06. The fraction of sp³-hybridized carbons (Fsp3) is 0.375. The molecule has 0 radical (unpaired) electrons. The van der Waals surface area contributed by atoms with E-state index in [1.165, 1.54) is 0 Å². The van der Waals surface area contributed by atoms with Gasteiger partial charge in [0.25, 0.3) is 11.8 Å². The summed E-state index contributed by atoms with van der Waals surface area (Å²) in [6.07, 6.45) is 0. The number of carbonyl (C=O) groups is 2. The fourth-order valence-electron chi connectivity index (χ4n) is 5.35. The second-order valence-corrected chi connectivity index (χ2v) is 10.2. The number of para-hydroxylation sites is 2. The normalized spacial score (nSPS) is 14.2. The number of nitrogens with zero attached hydrogens (tertiary/aromatic N) is 3. The van der Waals surface area contributed by atoms with Gasteiger partial charge in [0.2, 0.25) is 6.79 Å². The Morgan fingerprint density at radius 3 is 2.31 bits per heavy atom. The Balaban J connectivity index is 1.33. The van der Waals surface area contributed by atoms with Crippen molar-refractivity contribution in [3.8, 4) is 17.2 Å². The maximum Gasteiger partial charge on any atom is 0.255 e. The summed E-state index contributed by atoms with van der Waals surface area (Å²) < 4.78 is 16.3. The monoisotopic (exact) mass is 573 g/mol. The van der Waals surface area contributed by atoms with Crippen LogP contribution < -0.4 is 34.6 Å². The van der Waals surface area contributed by atoms with Crippen LogP contribution in [0, 0.1) is 0 Å². The summed E-state index contributed by atoms with van der Waals surface area (Å²) >= 11 is 0. The van der Waals surface area contributed by atoms with Crippen molar-refractivity contribution in [1.82, 2.24) is 10.2 Å². The van der Waals surface area contributed by atoms with Crippen molar-refractivity contribution in [3.63, 3.8) is 0 Å². The first-order chi connectivity index (χ1) is 20.5. The smallest absolute Gasteiger partial charge is 0.255 e. The van der Waals surface area contributed by atoms with Gasteiger partial charge in [0.15, 0.2) is 11.5 Å². The van der Waals surface area contributed by atoms with E-state index in [4.69, 9.17) is 14.2 Å². The molecule has 1 fully saturated rings. The molecule has 2 heterocycles. The third-order valence-corrected chi connectivity index (χ3v) is 7.79. The van der Waals surface area contributed by atoms with Crippen LogP contribution in [0.3, 0.4) is 0 Å². The number of carbonyl (C=O) groups excluding carboxylic acids is 2. The number of fused-ring (bicyclic) bond motifs is 1. The largest absolute Gasteiger partial charge is 0.495 e. The predicted molar refractivity (Wildman–Crippen MR) is 165 cm³/mol. The number of rotatable bonds is 11. The van der Waals surface area contributed by atoms with E-state index in [-0.39, 0.29) is 18.6 Å². The molecule has 10 nitrogen and oxygen atoms in total. The first-order valence-corrected chi connectivity index (χ1v) is 14.5. The van der Waals surface area contributed by atoms with Crippen LogP contribution >= 0.6 is 0 Å². The first-order valence-electron chi connectivity index (χ1n) is 14.5. The fourth-order valence-corrected chi connectivity index (χ4v) is 5.35. The zero-order valence-electron chi connectivity index (χ0n) is 24.5. The van der Waals surface area contributed by atoms with Gasteiger partial charge in [-0.3, -0.25) is 9.59 Å². The van der Waals surface area contributed by atoms with Gasteiger partial charge in [0.1, 0.15) is 5.75 Å². The Morgan fingerprint density at radius 2 is 1.57 bits per heavy atom. The van der Waals surface area contributed by atoms with Crippen LogP contribution in [0.25, 0.3) is 0 Å². The number of likely N-dealkylation sites (N-methyl/N-ethyl adjacent to an activating group) is 1. The van der Waals surface area contributed by atoms with Crippen molar-refractivity contribution in [2.45, 2.75) is 13.8 Å². The summed E-state index contributed by atoms with van der Waals surface area (Å²) in [6, 6.07) is 18.6. The average Bonchev–Trinajstić information content (AvgIpc) is 3.51. The molecule has 10 heteroatoms. The van der Waals surface area contributed by atoms with Gasteiger partial charge < -0.3 is 39.5 Å². The van der Waals surface area contributed by atoms with Gasteiger partial charge in [0, 0.05) is 56.2 Å². The van der Waals surface area contributed by atoms with E-state index in [0.29, 0.717) is 34.9 Å². The molecule has 0 bridgehead atoms. The molecular formula is C32H39N5O5. The predicted octanol–water partition coefficient (Wildman–Crippen LogP) is 4.07. The second-order valence-electron chi connectivity index (χ2n) is 10.2. The van der Waals surface area contributed by atoms with E-state index in [0.717, 1.165) is 62.9 Å². The molecule has 0 spiro atoms. The molecule has 0 aliphatic carbocycles. The maximum atomic E-state index is 13.5. The Labute approximate surface area is 247 Å². The van der Waals surface area contributed by atoms with Crippen LogP contribution in [0.4, 0.5) is 17.1 Å². The van der Waals surface area contributed by atoms with Gasteiger partial charge in [-0.1, -0.05) is 26.0 Å². The lowest BCUT2D eigenvalue weighted by Crippen LogP contribution is -2.47. The van der Waals surface area contributed by atoms with Crippen molar-refractivity contribution in [3.05, 3.63) is 71.8 Å². The number of benzene rings is 3. The highest BCUT2D eigenvalue weighted by Crippen LogP contribution is 2.33. The SMILES string of the molecule is CCN(CC)CCNC(=O)c1cc(NC(=O)c2ccc3c(c2)OCO3)ccc1N1CCN(c2ccccc2OC)CC1. The highest BCUT2D eigenvalue weighted by Gasteiger charge is 2.24. The number of amides is 2. The summed E-state index contributed by atoms with van der Waals surface area (Å²) in [6.45, 7) is 10.6. The van der Waals surface area contributed by atoms with Gasteiger partial charge >= 0.3 is 0 Å². The van der Waals surface area contributed by atoms with Gasteiger partial charge in [-0.2, -0.15) is 0 Å². The molecule has 0 atom stereocenters. The third kappa shape index (κ3) is 6.54. The Kier molecular flexibility index (Phi) is 9.33. The van der Waals surface area contributed by atoms with Crippen molar-refractivity contribution in [2.75, 3.05) is 81.4 Å². The van der Waals surface area contributed by atoms with Gasteiger partial charge in [-0.15, -0.1) is 0 Å². The number of ether oxygens (including phenoxy) is 3. The van der Waals surface area contributed by atoms with Crippen LogP contribution in [0.5, 0.6) is 17.2 Å². The molecule has 2 N–H and O–H groups in total. The van der Waals surface area contributed by atoms with Crippen molar-refractivity contribution in [2.24, 2.45) is 0 Å². The van der Waals surface area contributed by atoms with Gasteiger partial charge in [-0.25, -0.2) is 0 Å². The number of methoxy groups -OCH3 is 1. The molecular weight excluding hydrogens is 534 g/mol. The maximum absolute atomic E-state index is 13.5. The molecule has 0 unspecified atom stereocenters. The Bertz CT molecular complexity index is 1400. The first kappa shape index (κ1) is 29.1. The lowest BCUT2D eigenvalue weighted by Gasteiger charge is -2.38. The van der Waals surface area contributed by atoms with E-state index in [1.54, 1.807) is 31.4 Å². The van der Waals surface area contributed by atoms with Gasteiger partial charge in [0.05, 0.1) is 18.4 Å². The minimum Gasteiger partial charge on any atom is -0.495 e. The van der Waals surface area contributed by atoms with Crippen LogP contribution in [0.15, 0.2) is 60.7 Å². The quantitative estimate of drug-likeness (QED) is 0.355. The number of piperazine rings is 1. The van der Waals surface area contributed by atoms with Gasteiger partial charge in [-0.05, 0) is 61.6 Å². The van der Waals surface area contributed by atoms with Crippen LogP contribution in [0.2, 0.25) is 0 Å². The zero-order chi connectivity index (χ0) is 29.5. The average molecular weight is 574 g/mol. The van der Waals surface area contributed by atoms with Crippen LogP contribution in [0.1, 0.15) is 34.6 Å². The molecule has 0 aromatic heterocycles. The summed E-state index contributed by atoms with van der Waals surface area (Å²) in [5.74, 6) is 1.55. The Morgan fingerprint density at radius 1 is 0.857 bits per heavy atom. The molecule has 222 valence electrons. The van der Waals surface area contributed by atoms with E-state index in [9.17, 15) is 9.59 Å². The standard InChI is InChI=1S/C32H39N5O5/c1-4-35(5-2)15-14-33-32(39)25-21-24(34-31(38)23-10-13-29-30(20-23)42-22-41-29)11-12-26(25)36-16-18-37(19-17-36)27-8-6-7-9-28(27)40-3/h6-13,20-21H,4-5,14-19,22H2,1-3H3,(H,33,39)(H,34,38). The second kappa shape index (κ2) is 13.5. The lowest BCUT2D eigenvalue weighted by molar-refractivity contribution is 0.0948. The highest BCUT2D eigenvalue weighted by atomic mass is 16.7. The molecule has 2 aliphatic rings. The third-order valence-electron chi connectivity index (χ3n) is 7.79. The molecule has 0 saturated carbocycles.